The van der Waals surface area contributed by atoms with Crippen molar-refractivity contribution in [3.63, 3.8) is 0 Å². The molecule has 0 fully saturated rings. The highest BCUT2D eigenvalue weighted by molar-refractivity contribution is 9.10. The Kier molecular flexibility index (Phi) is 6.55. The van der Waals surface area contributed by atoms with Crippen molar-refractivity contribution in [2.45, 2.75) is 20.4 Å². The molecule has 16 heavy (non-hydrogen) atoms. The molecule has 1 heterocycles. The number of rotatable bonds is 4. The van der Waals surface area contributed by atoms with Crippen LogP contribution in [-0.2, 0) is 11.3 Å². The van der Waals surface area contributed by atoms with Gasteiger partial charge in [-0.3, -0.25) is 4.79 Å². The molecule has 3 N–H and O–H groups in total. The second-order valence-electron chi connectivity index (χ2n) is 4.00. The first kappa shape index (κ1) is 15.9. The van der Waals surface area contributed by atoms with E-state index in [9.17, 15) is 4.79 Å². The Bertz CT molecular complexity index is 354. The number of thiophene rings is 1. The van der Waals surface area contributed by atoms with Gasteiger partial charge in [-0.15, -0.1) is 23.7 Å². The fraction of sp³-hybridized carbons (Fsp3) is 0.500. The molecule has 92 valence electrons. The van der Waals surface area contributed by atoms with Crippen molar-refractivity contribution in [2.75, 3.05) is 6.54 Å². The Morgan fingerprint density at radius 3 is 2.69 bits per heavy atom. The fourth-order valence-electron chi connectivity index (χ4n) is 0.946. The number of hydrogen-bond donors (Lipinski definition) is 2. The summed E-state index contributed by atoms with van der Waals surface area (Å²) in [7, 11) is 0. The van der Waals surface area contributed by atoms with Gasteiger partial charge in [0.2, 0.25) is 5.91 Å². The third-order valence-corrected chi connectivity index (χ3v) is 3.87. The van der Waals surface area contributed by atoms with E-state index in [2.05, 4.69) is 21.2 Å². The lowest BCUT2D eigenvalue weighted by Crippen LogP contribution is -2.41. The molecule has 0 spiro atoms. The number of carbonyl (C=O) groups excluding carboxylic acids is 1. The number of nitrogens with one attached hydrogen (secondary N) is 1. The van der Waals surface area contributed by atoms with Crippen molar-refractivity contribution in [2.24, 2.45) is 11.1 Å². The Balaban J connectivity index is 0.00000225. The van der Waals surface area contributed by atoms with E-state index in [0.29, 0.717) is 13.1 Å². The van der Waals surface area contributed by atoms with E-state index in [0.717, 1.165) is 9.35 Å². The van der Waals surface area contributed by atoms with Gasteiger partial charge >= 0.3 is 0 Å². The summed E-state index contributed by atoms with van der Waals surface area (Å²) in [5, 5.41) is 4.87. The highest BCUT2D eigenvalue weighted by atomic mass is 79.9. The lowest BCUT2D eigenvalue weighted by atomic mass is 9.93. The number of amides is 1. The van der Waals surface area contributed by atoms with Crippen LogP contribution in [0.15, 0.2) is 15.9 Å². The highest BCUT2D eigenvalue weighted by Crippen LogP contribution is 2.20. The lowest BCUT2D eigenvalue weighted by molar-refractivity contribution is -0.129. The summed E-state index contributed by atoms with van der Waals surface area (Å²) < 4.78 is 1.05. The largest absolute Gasteiger partial charge is 0.351 e. The number of nitrogens with two attached hydrogens (primary N) is 1. The highest BCUT2D eigenvalue weighted by Gasteiger charge is 2.25. The molecule has 0 saturated carbocycles. The third kappa shape index (κ3) is 4.41. The van der Waals surface area contributed by atoms with Gasteiger partial charge in [-0.05, 0) is 35.8 Å². The zero-order chi connectivity index (χ0) is 11.5. The van der Waals surface area contributed by atoms with Crippen LogP contribution in [0.1, 0.15) is 18.7 Å². The minimum absolute atomic E-state index is 0. The van der Waals surface area contributed by atoms with Crippen molar-refractivity contribution >= 4 is 45.6 Å². The molecule has 6 heteroatoms. The van der Waals surface area contributed by atoms with Crippen LogP contribution in [-0.4, -0.2) is 12.5 Å². The lowest BCUT2D eigenvalue weighted by Gasteiger charge is -2.20. The van der Waals surface area contributed by atoms with E-state index < -0.39 is 5.41 Å². The van der Waals surface area contributed by atoms with E-state index in [-0.39, 0.29) is 18.3 Å². The van der Waals surface area contributed by atoms with Crippen LogP contribution in [0.25, 0.3) is 0 Å². The van der Waals surface area contributed by atoms with Crippen LogP contribution in [0.3, 0.4) is 0 Å². The summed E-state index contributed by atoms with van der Waals surface area (Å²) in [6.07, 6.45) is 0. The molecule has 1 rings (SSSR count). The van der Waals surface area contributed by atoms with Gasteiger partial charge in [0.15, 0.2) is 0 Å². The molecule has 1 aromatic rings. The SMILES string of the molecule is CC(C)(CN)C(=O)NCc1cc(Br)cs1.Cl. The maximum absolute atomic E-state index is 11.7. The van der Waals surface area contributed by atoms with E-state index in [1.807, 2.05) is 25.3 Å². The van der Waals surface area contributed by atoms with Crippen LogP contribution < -0.4 is 11.1 Å². The topological polar surface area (TPSA) is 55.1 Å². The van der Waals surface area contributed by atoms with E-state index >= 15 is 0 Å². The van der Waals surface area contributed by atoms with E-state index in [1.54, 1.807) is 11.3 Å². The maximum Gasteiger partial charge on any atom is 0.227 e. The molecule has 1 aromatic heterocycles. The van der Waals surface area contributed by atoms with Gasteiger partial charge in [0, 0.05) is 21.3 Å². The van der Waals surface area contributed by atoms with Crippen molar-refractivity contribution in [3.8, 4) is 0 Å². The van der Waals surface area contributed by atoms with Crippen LogP contribution in [0, 0.1) is 5.41 Å². The molecule has 0 atom stereocenters. The fourth-order valence-corrected chi connectivity index (χ4v) is 2.34. The standard InChI is InChI=1S/C10H15BrN2OS.ClH/c1-10(2,6-12)9(14)13-4-8-3-7(11)5-15-8;/h3,5H,4,6,12H2,1-2H3,(H,13,14);1H. The van der Waals surface area contributed by atoms with Crippen LogP contribution in [0.4, 0.5) is 0 Å². The summed E-state index contributed by atoms with van der Waals surface area (Å²) in [5.41, 5.74) is 5.02. The average Bonchev–Trinajstić information content (AvgIpc) is 2.60. The first-order valence-electron chi connectivity index (χ1n) is 4.67. The molecule has 0 radical (unpaired) electrons. The van der Waals surface area contributed by atoms with Crippen LogP contribution in [0.2, 0.25) is 0 Å². The Hall–Kier alpha value is -0.100. The molecule has 0 aliphatic rings. The summed E-state index contributed by atoms with van der Waals surface area (Å²) in [6, 6.07) is 2.00. The monoisotopic (exact) mass is 326 g/mol. The van der Waals surface area contributed by atoms with Gasteiger partial charge in [0.1, 0.15) is 0 Å². The molecule has 3 nitrogen and oxygen atoms in total. The zero-order valence-electron chi connectivity index (χ0n) is 9.25. The molecule has 0 aromatic carbocycles. The molecule has 1 amide bonds. The summed E-state index contributed by atoms with van der Waals surface area (Å²) in [5.74, 6) is -0.00507. The third-order valence-electron chi connectivity index (χ3n) is 2.17. The van der Waals surface area contributed by atoms with E-state index in [4.69, 9.17) is 5.73 Å². The Morgan fingerprint density at radius 1 is 1.62 bits per heavy atom. The first-order chi connectivity index (χ1) is 6.95. The number of hydrogen-bond acceptors (Lipinski definition) is 3. The minimum atomic E-state index is -0.492. The smallest absolute Gasteiger partial charge is 0.227 e. The predicted octanol–water partition coefficient (Wildman–Crippen LogP) is 2.53. The summed E-state index contributed by atoms with van der Waals surface area (Å²) in [4.78, 5) is 12.8. The van der Waals surface area contributed by atoms with Crippen molar-refractivity contribution in [1.29, 1.82) is 0 Å². The Morgan fingerprint density at radius 2 is 2.25 bits per heavy atom. The number of carbonyl (C=O) groups is 1. The maximum atomic E-state index is 11.7. The second kappa shape index (κ2) is 6.59. The number of halogens is 2. The van der Waals surface area contributed by atoms with Crippen LogP contribution >= 0.6 is 39.7 Å². The first-order valence-corrected chi connectivity index (χ1v) is 6.34. The minimum Gasteiger partial charge on any atom is -0.351 e. The quantitative estimate of drug-likeness (QED) is 0.893. The Labute approximate surface area is 114 Å². The van der Waals surface area contributed by atoms with Gasteiger partial charge < -0.3 is 11.1 Å². The normalized spacial score (nSPS) is 10.8. The molecular formula is C10H16BrClN2OS. The van der Waals surface area contributed by atoms with Crippen molar-refractivity contribution < 1.29 is 4.79 Å². The summed E-state index contributed by atoms with van der Waals surface area (Å²) >= 11 is 4.99. The zero-order valence-corrected chi connectivity index (χ0v) is 12.5. The molecule has 0 bridgehead atoms. The summed E-state index contributed by atoms with van der Waals surface area (Å²) in [6.45, 7) is 4.60. The molecule has 0 saturated heterocycles. The van der Waals surface area contributed by atoms with Gasteiger partial charge in [0.05, 0.1) is 12.0 Å². The molecule has 0 unspecified atom stereocenters. The predicted molar refractivity (Wildman–Crippen MR) is 73.9 cm³/mol. The van der Waals surface area contributed by atoms with Gasteiger partial charge in [-0.25, -0.2) is 0 Å². The molecule has 0 aliphatic carbocycles. The molecular weight excluding hydrogens is 312 g/mol. The van der Waals surface area contributed by atoms with Crippen molar-refractivity contribution in [1.82, 2.24) is 5.32 Å². The van der Waals surface area contributed by atoms with Gasteiger partial charge in [-0.2, -0.15) is 0 Å². The van der Waals surface area contributed by atoms with Crippen LogP contribution in [0.5, 0.6) is 0 Å². The van der Waals surface area contributed by atoms with E-state index in [1.165, 1.54) is 0 Å². The van der Waals surface area contributed by atoms with Gasteiger partial charge in [-0.1, -0.05) is 0 Å². The van der Waals surface area contributed by atoms with Crippen molar-refractivity contribution in [3.05, 3.63) is 20.8 Å². The second-order valence-corrected chi connectivity index (χ2v) is 5.91. The van der Waals surface area contributed by atoms with Gasteiger partial charge in [0.25, 0.3) is 0 Å². The average molecular weight is 328 g/mol. The molecule has 0 aliphatic heterocycles.